The average Bonchev–Trinajstić information content (AvgIpc) is 3.02. The Labute approximate surface area is 146 Å². The highest BCUT2D eigenvalue weighted by molar-refractivity contribution is 5.98. The van der Waals surface area contributed by atoms with Crippen LogP contribution >= 0.6 is 0 Å². The third-order valence-electron chi connectivity index (χ3n) is 5.21. The Morgan fingerprint density at radius 2 is 2.08 bits per heavy atom. The highest BCUT2D eigenvalue weighted by Crippen LogP contribution is 2.35. The molecule has 1 aromatic carbocycles. The number of imidazole rings is 1. The fourth-order valence-electron chi connectivity index (χ4n) is 4.04. The molecule has 1 unspecified atom stereocenters. The monoisotopic (exact) mass is 338 g/mol. The lowest BCUT2D eigenvalue weighted by atomic mass is 9.84. The van der Waals surface area contributed by atoms with Gasteiger partial charge in [0.05, 0.1) is 17.4 Å². The smallest absolute Gasteiger partial charge is 0.258 e. The summed E-state index contributed by atoms with van der Waals surface area (Å²) in [4.78, 5) is 30.5. The van der Waals surface area contributed by atoms with E-state index < -0.39 is 5.91 Å². The Morgan fingerprint density at radius 3 is 2.92 bits per heavy atom. The maximum atomic E-state index is 13.1. The van der Waals surface area contributed by atoms with E-state index in [2.05, 4.69) is 11.1 Å². The molecule has 1 aliphatic heterocycles. The van der Waals surface area contributed by atoms with Crippen molar-refractivity contribution in [3.63, 3.8) is 0 Å². The predicted molar refractivity (Wildman–Crippen MR) is 94.6 cm³/mol. The molecule has 2 heterocycles. The van der Waals surface area contributed by atoms with Gasteiger partial charge in [-0.2, -0.15) is 0 Å². The van der Waals surface area contributed by atoms with Crippen LogP contribution in [0.5, 0.6) is 0 Å². The number of aromatic nitrogens is 2. The number of piperidine rings is 1. The summed E-state index contributed by atoms with van der Waals surface area (Å²) in [6, 6.07) is 5.47. The van der Waals surface area contributed by atoms with Crippen LogP contribution in [0, 0.1) is 5.92 Å². The van der Waals surface area contributed by atoms with Crippen LogP contribution in [-0.2, 0) is 11.3 Å². The van der Waals surface area contributed by atoms with E-state index >= 15 is 0 Å². The van der Waals surface area contributed by atoms with Crippen LogP contribution in [0.3, 0.4) is 0 Å². The molecule has 1 atom stereocenters. The SMILES string of the molecule is NC(=O)Cn1cnc2cc(C(=O)N3CCCC4CCCC=C43)ccc21. The Hall–Kier alpha value is -2.63. The van der Waals surface area contributed by atoms with Gasteiger partial charge in [0.1, 0.15) is 6.54 Å². The number of nitrogens with two attached hydrogens (primary N) is 1. The number of primary amides is 1. The summed E-state index contributed by atoms with van der Waals surface area (Å²) in [5.74, 6) is 0.164. The minimum absolute atomic E-state index is 0.0456. The standard InChI is InChI=1S/C19H22N4O2/c20-18(24)11-22-12-21-15-10-14(7-8-17(15)22)19(25)23-9-3-5-13-4-1-2-6-16(13)23/h6-8,10,12-13H,1-5,9,11H2,(H2,20,24). The van der Waals surface area contributed by atoms with Crippen molar-refractivity contribution < 1.29 is 9.59 Å². The number of fused-ring (bicyclic) bond motifs is 2. The first-order valence-corrected chi connectivity index (χ1v) is 8.88. The van der Waals surface area contributed by atoms with Gasteiger partial charge < -0.3 is 15.2 Å². The number of amides is 2. The minimum atomic E-state index is -0.414. The molecule has 25 heavy (non-hydrogen) atoms. The van der Waals surface area contributed by atoms with Crippen molar-refractivity contribution in [2.45, 2.75) is 38.6 Å². The normalized spacial score (nSPS) is 20.2. The van der Waals surface area contributed by atoms with Gasteiger partial charge in [0.2, 0.25) is 5.91 Å². The Balaban J connectivity index is 1.63. The molecule has 130 valence electrons. The van der Waals surface area contributed by atoms with Gasteiger partial charge in [0, 0.05) is 17.8 Å². The number of rotatable bonds is 3. The topological polar surface area (TPSA) is 81.2 Å². The van der Waals surface area contributed by atoms with E-state index in [1.165, 1.54) is 25.0 Å². The first-order chi connectivity index (χ1) is 12.1. The molecule has 6 heteroatoms. The van der Waals surface area contributed by atoms with E-state index in [1.54, 1.807) is 10.9 Å². The van der Waals surface area contributed by atoms with Crippen molar-refractivity contribution in [3.8, 4) is 0 Å². The van der Waals surface area contributed by atoms with Gasteiger partial charge in [-0.1, -0.05) is 6.08 Å². The van der Waals surface area contributed by atoms with Crippen molar-refractivity contribution in [1.29, 1.82) is 0 Å². The number of carbonyl (C=O) groups is 2. The van der Waals surface area contributed by atoms with Crippen molar-refractivity contribution >= 4 is 22.8 Å². The summed E-state index contributed by atoms with van der Waals surface area (Å²) in [6.07, 6.45) is 9.54. The second kappa shape index (κ2) is 6.35. The van der Waals surface area contributed by atoms with E-state index in [9.17, 15) is 9.59 Å². The van der Waals surface area contributed by atoms with Gasteiger partial charge in [-0.15, -0.1) is 0 Å². The highest BCUT2D eigenvalue weighted by atomic mass is 16.2. The van der Waals surface area contributed by atoms with Gasteiger partial charge in [-0.3, -0.25) is 9.59 Å². The number of likely N-dealkylation sites (tertiary alicyclic amines) is 1. The zero-order valence-electron chi connectivity index (χ0n) is 14.1. The molecule has 2 amide bonds. The van der Waals surface area contributed by atoms with Crippen molar-refractivity contribution in [2.75, 3.05) is 6.54 Å². The van der Waals surface area contributed by atoms with Crippen molar-refractivity contribution in [2.24, 2.45) is 11.7 Å². The van der Waals surface area contributed by atoms with Gasteiger partial charge in [0.15, 0.2) is 0 Å². The van der Waals surface area contributed by atoms with Crippen LogP contribution in [0.2, 0.25) is 0 Å². The minimum Gasteiger partial charge on any atom is -0.368 e. The molecule has 4 rings (SSSR count). The second-order valence-electron chi connectivity index (χ2n) is 6.90. The number of benzene rings is 1. The van der Waals surface area contributed by atoms with E-state index in [0.29, 0.717) is 17.0 Å². The van der Waals surface area contributed by atoms with E-state index in [0.717, 1.165) is 24.9 Å². The summed E-state index contributed by atoms with van der Waals surface area (Å²) in [5, 5.41) is 0. The number of allylic oxidation sites excluding steroid dienone is 2. The summed E-state index contributed by atoms with van der Waals surface area (Å²) in [7, 11) is 0. The van der Waals surface area contributed by atoms with Crippen LogP contribution in [-0.4, -0.2) is 32.8 Å². The quantitative estimate of drug-likeness (QED) is 0.933. The van der Waals surface area contributed by atoms with Gasteiger partial charge >= 0.3 is 0 Å². The first-order valence-electron chi connectivity index (χ1n) is 8.88. The lowest BCUT2D eigenvalue weighted by molar-refractivity contribution is -0.118. The molecular formula is C19H22N4O2. The van der Waals surface area contributed by atoms with Crippen LogP contribution in [0.1, 0.15) is 42.5 Å². The summed E-state index contributed by atoms with van der Waals surface area (Å²) in [5.41, 5.74) is 8.63. The molecule has 1 saturated heterocycles. The Kier molecular flexibility index (Phi) is 4.03. The molecular weight excluding hydrogens is 316 g/mol. The molecule has 2 N–H and O–H groups in total. The van der Waals surface area contributed by atoms with Gasteiger partial charge in [0.25, 0.3) is 5.91 Å². The van der Waals surface area contributed by atoms with Crippen LogP contribution in [0.15, 0.2) is 36.3 Å². The molecule has 0 bridgehead atoms. The predicted octanol–water partition coefficient (Wildman–Crippen LogP) is 2.44. The highest BCUT2D eigenvalue weighted by Gasteiger charge is 2.30. The zero-order valence-corrected chi connectivity index (χ0v) is 14.1. The van der Waals surface area contributed by atoms with Crippen LogP contribution in [0.25, 0.3) is 11.0 Å². The van der Waals surface area contributed by atoms with Gasteiger partial charge in [-0.25, -0.2) is 4.98 Å². The average molecular weight is 338 g/mol. The fraction of sp³-hybridized carbons (Fsp3) is 0.421. The summed E-state index contributed by atoms with van der Waals surface area (Å²) >= 11 is 0. The number of carbonyl (C=O) groups excluding carboxylic acids is 2. The molecule has 0 radical (unpaired) electrons. The zero-order chi connectivity index (χ0) is 17.4. The molecule has 0 spiro atoms. The first kappa shape index (κ1) is 15.9. The van der Waals surface area contributed by atoms with Gasteiger partial charge in [-0.05, 0) is 56.2 Å². The molecule has 2 aromatic rings. The maximum Gasteiger partial charge on any atom is 0.258 e. The lowest BCUT2D eigenvalue weighted by Crippen LogP contribution is -2.38. The van der Waals surface area contributed by atoms with E-state index in [4.69, 9.17) is 5.73 Å². The molecule has 1 fully saturated rings. The Morgan fingerprint density at radius 1 is 1.24 bits per heavy atom. The molecule has 1 aromatic heterocycles. The van der Waals surface area contributed by atoms with E-state index in [-0.39, 0.29) is 12.5 Å². The van der Waals surface area contributed by atoms with Crippen LogP contribution in [0.4, 0.5) is 0 Å². The molecule has 2 aliphatic rings. The number of hydrogen-bond acceptors (Lipinski definition) is 3. The largest absolute Gasteiger partial charge is 0.368 e. The van der Waals surface area contributed by atoms with E-state index in [1.807, 2.05) is 23.1 Å². The van der Waals surface area contributed by atoms with Crippen LogP contribution < -0.4 is 5.73 Å². The Bertz CT molecular complexity index is 867. The lowest BCUT2D eigenvalue weighted by Gasteiger charge is -2.38. The maximum absolute atomic E-state index is 13.1. The third kappa shape index (κ3) is 2.92. The number of hydrogen-bond donors (Lipinski definition) is 1. The molecule has 6 nitrogen and oxygen atoms in total. The van der Waals surface area contributed by atoms with Crippen molar-refractivity contribution in [1.82, 2.24) is 14.5 Å². The molecule has 1 aliphatic carbocycles. The van der Waals surface area contributed by atoms with Crippen molar-refractivity contribution in [3.05, 3.63) is 41.9 Å². The fourth-order valence-corrected chi connectivity index (χ4v) is 4.04. The second-order valence-corrected chi connectivity index (χ2v) is 6.90. The molecule has 0 saturated carbocycles. The summed E-state index contributed by atoms with van der Waals surface area (Å²) in [6.45, 7) is 0.875. The third-order valence-corrected chi connectivity index (χ3v) is 5.21. The number of nitrogens with zero attached hydrogens (tertiary/aromatic N) is 3. The summed E-state index contributed by atoms with van der Waals surface area (Å²) < 4.78 is 1.70.